The summed E-state index contributed by atoms with van der Waals surface area (Å²) in [5.74, 6) is 1.87. The molecule has 0 radical (unpaired) electrons. The summed E-state index contributed by atoms with van der Waals surface area (Å²) in [4.78, 5) is 0. The van der Waals surface area contributed by atoms with Gasteiger partial charge in [-0.15, -0.1) is 0 Å². The molecule has 0 aliphatic rings. The lowest BCUT2D eigenvalue weighted by molar-refractivity contribution is 0.296. The van der Waals surface area contributed by atoms with E-state index in [2.05, 4.69) is 62.4 Å². The van der Waals surface area contributed by atoms with E-state index in [1.807, 2.05) is 12.1 Å². The molecular weight excluding hydrogens is 392 g/mol. The van der Waals surface area contributed by atoms with Crippen molar-refractivity contribution >= 4 is 12.2 Å². The van der Waals surface area contributed by atoms with Crippen molar-refractivity contribution in [3.63, 3.8) is 0 Å². The number of ether oxygens (including phenoxy) is 2. The van der Waals surface area contributed by atoms with Gasteiger partial charge in [-0.25, -0.2) is 0 Å². The van der Waals surface area contributed by atoms with Gasteiger partial charge >= 0.3 is 0 Å². The molecule has 0 amide bonds. The van der Waals surface area contributed by atoms with E-state index in [1.165, 1.54) is 69.8 Å². The lowest BCUT2D eigenvalue weighted by atomic mass is 10.1. The molecule has 0 N–H and O–H groups in total. The highest BCUT2D eigenvalue weighted by Gasteiger charge is 2.05. The lowest BCUT2D eigenvalue weighted by Gasteiger charge is -2.12. The standard InChI is InChI=1S/C30H44O2/c1-3-5-7-9-11-16-24-31-29-22-23-30(32-25-17-12-10-8-6-4-2)28(26-29)21-20-27-18-14-13-15-19-27/h13-15,18-23,26H,3-12,16-17,24-25H2,1-2H3/b21-20-. The molecule has 0 heterocycles. The van der Waals surface area contributed by atoms with Crippen LogP contribution in [0.15, 0.2) is 48.5 Å². The highest BCUT2D eigenvalue weighted by atomic mass is 16.5. The molecule has 0 saturated heterocycles. The van der Waals surface area contributed by atoms with Crippen molar-refractivity contribution in [3.05, 3.63) is 59.7 Å². The molecule has 0 bridgehead atoms. The molecule has 2 aromatic rings. The molecule has 0 unspecified atom stereocenters. The summed E-state index contributed by atoms with van der Waals surface area (Å²) < 4.78 is 12.2. The SMILES string of the molecule is CCCCCCCCOc1ccc(OCCCCCCCC)c(/C=C\c2ccccc2)c1. The average molecular weight is 437 g/mol. The molecular formula is C30H44O2. The summed E-state index contributed by atoms with van der Waals surface area (Å²) in [5.41, 5.74) is 2.27. The van der Waals surface area contributed by atoms with Crippen molar-refractivity contribution in [2.45, 2.75) is 90.9 Å². The summed E-state index contributed by atoms with van der Waals surface area (Å²) in [7, 11) is 0. The Morgan fingerprint density at radius 1 is 0.594 bits per heavy atom. The Kier molecular flexibility index (Phi) is 14.1. The van der Waals surface area contributed by atoms with Crippen LogP contribution in [0.1, 0.15) is 102 Å². The largest absolute Gasteiger partial charge is 0.494 e. The molecule has 0 saturated carbocycles. The monoisotopic (exact) mass is 436 g/mol. The highest BCUT2D eigenvalue weighted by Crippen LogP contribution is 2.27. The van der Waals surface area contributed by atoms with Crippen LogP contribution in [-0.4, -0.2) is 13.2 Å². The van der Waals surface area contributed by atoms with Crippen molar-refractivity contribution in [1.82, 2.24) is 0 Å². The Morgan fingerprint density at radius 3 is 1.84 bits per heavy atom. The van der Waals surface area contributed by atoms with Gasteiger partial charge < -0.3 is 9.47 Å². The molecule has 0 fully saturated rings. The van der Waals surface area contributed by atoms with Crippen LogP contribution < -0.4 is 9.47 Å². The van der Waals surface area contributed by atoms with Gasteiger partial charge in [0.25, 0.3) is 0 Å². The van der Waals surface area contributed by atoms with Crippen molar-refractivity contribution in [2.24, 2.45) is 0 Å². The smallest absolute Gasteiger partial charge is 0.126 e. The zero-order valence-corrected chi connectivity index (χ0v) is 20.5. The van der Waals surface area contributed by atoms with Gasteiger partial charge in [-0.05, 0) is 36.6 Å². The van der Waals surface area contributed by atoms with Crippen molar-refractivity contribution in [1.29, 1.82) is 0 Å². The fourth-order valence-electron chi connectivity index (χ4n) is 3.77. The quantitative estimate of drug-likeness (QED) is 0.171. The van der Waals surface area contributed by atoms with Gasteiger partial charge in [0, 0.05) is 5.56 Å². The van der Waals surface area contributed by atoms with Crippen molar-refractivity contribution in [2.75, 3.05) is 13.2 Å². The van der Waals surface area contributed by atoms with Crippen LogP contribution in [0.2, 0.25) is 0 Å². The highest BCUT2D eigenvalue weighted by molar-refractivity contribution is 5.73. The summed E-state index contributed by atoms with van der Waals surface area (Å²) in [6.45, 7) is 6.07. The van der Waals surface area contributed by atoms with E-state index in [0.717, 1.165) is 43.1 Å². The fourth-order valence-corrected chi connectivity index (χ4v) is 3.77. The van der Waals surface area contributed by atoms with E-state index in [-0.39, 0.29) is 0 Å². The fraction of sp³-hybridized carbons (Fsp3) is 0.533. The van der Waals surface area contributed by atoms with Crippen LogP contribution >= 0.6 is 0 Å². The first-order valence-corrected chi connectivity index (χ1v) is 13.0. The molecule has 176 valence electrons. The second kappa shape index (κ2) is 17.3. The van der Waals surface area contributed by atoms with Gasteiger partial charge in [-0.3, -0.25) is 0 Å². The third kappa shape index (κ3) is 11.4. The Labute approximate surface area is 197 Å². The van der Waals surface area contributed by atoms with Crippen LogP contribution in [0.4, 0.5) is 0 Å². The molecule has 2 aromatic carbocycles. The summed E-state index contributed by atoms with van der Waals surface area (Å²) in [6, 6.07) is 16.6. The molecule has 2 rings (SSSR count). The molecule has 0 aliphatic heterocycles. The van der Waals surface area contributed by atoms with E-state index in [4.69, 9.17) is 9.47 Å². The van der Waals surface area contributed by atoms with Crippen molar-refractivity contribution < 1.29 is 9.47 Å². The lowest BCUT2D eigenvalue weighted by Crippen LogP contribution is -2.01. The number of benzene rings is 2. The maximum Gasteiger partial charge on any atom is 0.126 e. The Morgan fingerprint density at radius 2 is 1.19 bits per heavy atom. The molecule has 0 spiro atoms. The second-order valence-electron chi connectivity index (χ2n) is 8.68. The van der Waals surface area contributed by atoms with Crippen LogP contribution in [0.25, 0.3) is 12.2 Å². The number of hydrogen-bond acceptors (Lipinski definition) is 2. The Balaban J connectivity index is 1.89. The Hall–Kier alpha value is -2.22. The minimum absolute atomic E-state index is 0.774. The number of unbranched alkanes of at least 4 members (excludes halogenated alkanes) is 10. The molecule has 2 nitrogen and oxygen atoms in total. The predicted molar refractivity (Wildman–Crippen MR) is 140 cm³/mol. The number of hydrogen-bond donors (Lipinski definition) is 0. The first kappa shape index (κ1) is 26.0. The van der Waals surface area contributed by atoms with Crippen LogP contribution in [0.5, 0.6) is 11.5 Å². The maximum atomic E-state index is 6.16. The topological polar surface area (TPSA) is 18.5 Å². The van der Waals surface area contributed by atoms with Gasteiger partial charge in [0.2, 0.25) is 0 Å². The maximum absolute atomic E-state index is 6.16. The first-order valence-electron chi connectivity index (χ1n) is 13.0. The van der Waals surface area contributed by atoms with Crippen LogP contribution in [0, 0.1) is 0 Å². The Bertz CT molecular complexity index is 736. The molecule has 32 heavy (non-hydrogen) atoms. The van der Waals surface area contributed by atoms with Crippen molar-refractivity contribution in [3.8, 4) is 11.5 Å². The predicted octanol–water partition coefficient (Wildman–Crippen LogP) is 9.34. The number of rotatable bonds is 18. The van der Waals surface area contributed by atoms with E-state index in [1.54, 1.807) is 0 Å². The van der Waals surface area contributed by atoms with Gasteiger partial charge in [-0.1, -0.05) is 121 Å². The molecule has 2 heteroatoms. The zero-order chi connectivity index (χ0) is 22.7. The molecule has 0 aromatic heterocycles. The van der Waals surface area contributed by atoms with E-state index < -0.39 is 0 Å². The third-order valence-electron chi connectivity index (χ3n) is 5.76. The third-order valence-corrected chi connectivity index (χ3v) is 5.76. The molecule has 0 aliphatic carbocycles. The normalized spacial score (nSPS) is 11.2. The first-order chi connectivity index (χ1) is 15.8. The van der Waals surface area contributed by atoms with Gasteiger partial charge in [0.05, 0.1) is 13.2 Å². The second-order valence-corrected chi connectivity index (χ2v) is 8.68. The zero-order valence-electron chi connectivity index (χ0n) is 20.5. The summed E-state index contributed by atoms with van der Waals surface area (Å²) in [6.07, 6.45) is 19.6. The van der Waals surface area contributed by atoms with Gasteiger partial charge in [0.15, 0.2) is 0 Å². The average Bonchev–Trinajstić information content (AvgIpc) is 2.83. The minimum Gasteiger partial charge on any atom is -0.494 e. The van der Waals surface area contributed by atoms with E-state index in [9.17, 15) is 0 Å². The molecule has 0 atom stereocenters. The minimum atomic E-state index is 0.774. The van der Waals surface area contributed by atoms with Gasteiger partial charge in [0.1, 0.15) is 11.5 Å². The van der Waals surface area contributed by atoms with Crippen LogP contribution in [0.3, 0.4) is 0 Å². The van der Waals surface area contributed by atoms with Crippen LogP contribution in [-0.2, 0) is 0 Å². The summed E-state index contributed by atoms with van der Waals surface area (Å²) in [5, 5.41) is 0. The van der Waals surface area contributed by atoms with Gasteiger partial charge in [-0.2, -0.15) is 0 Å². The van der Waals surface area contributed by atoms with E-state index >= 15 is 0 Å². The van der Waals surface area contributed by atoms with E-state index in [0.29, 0.717) is 0 Å². The summed E-state index contributed by atoms with van der Waals surface area (Å²) >= 11 is 0.